The molecule has 0 aliphatic carbocycles. The Morgan fingerprint density at radius 1 is 1.21 bits per heavy atom. The Hall–Kier alpha value is -2.58. The van der Waals surface area contributed by atoms with Crippen molar-refractivity contribution in [3.8, 4) is 0 Å². The van der Waals surface area contributed by atoms with Crippen molar-refractivity contribution < 1.29 is 13.2 Å². The maximum absolute atomic E-state index is 13.0. The fourth-order valence-corrected chi connectivity index (χ4v) is 2.65. The zero-order valence-corrected chi connectivity index (χ0v) is 13.7. The van der Waals surface area contributed by atoms with E-state index in [4.69, 9.17) is 0 Å². The second-order valence-corrected chi connectivity index (χ2v) is 5.73. The van der Waals surface area contributed by atoms with E-state index in [1.165, 1.54) is 0 Å². The highest BCUT2D eigenvalue weighted by Gasteiger charge is 2.35. The molecule has 0 saturated carbocycles. The van der Waals surface area contributed by atoms with Gasteiger partial charge >= 0.3 is 6.18 Å². The fraction of sp³-hybridized carbons (Fsp3) is 0.400. The quantitative estimate of drug-likeness (QED) is 0.769. The third kappa shape index (κ3) is 2.81. The molecule has 0 bridgehead atoms. The predicted molar refractivity (Wildman–Crippen MR) is 83.6 cm³/mol. The average molecular weight is 338 g/mol. The van der Waals surface area contributed by atoms with Gasteiger partial charge in [-0.15, -0.1) is 0 Å². The molecule has 128 valence electrons. The van der Waals surface area contributed by atoms with Crippen LogP contribution in [-0.2, 0) is 19.8 Å². The zero-order chi connectivity index (χ0) is 17.6. The standard InChI is InChI=1S/C15H17F3N6/c1-7-5-10-12(19-6-11-8(2)23-24(4)9(11)3)21-14(15(16,17)18)22-13(10)20-7/h5H,6H2,1-4H3,(H2,19,20,21,22). The molecule has 0 aliphatic rings. The van der Waals surface area contributed by atoms with E-state index in [-0.39, 0.29) is 11.5 Å². The molecule has 3 rings (SSSR count). The van der Waals surface area contributed by atoms with Crippen molar-refractivity contribution in [2.45, 2.75) is 33.5 Å². The number of aryl methyl sites for hydroxylation is 3. The van der Waals surface area contributed by atoms with Crippen molar-refractivity contribution in [2.75, 3.05) is 5.32 Å². The Labute approximate surface area is 136 Å². The van der Waals surface area contributed by atoms with Gasteiger partial charge in [0.25, 0.3) is 0 Å². The molecule has 6 nitrogen and oxygen atoms in total. The second kappa shape index (κ2) is 5.50. The molecule has 2 N–H and O–H groups in total. The van der Waals surface area contributed by atoms with E-state index in [9.17, 15) is 13.2 Å². The first kappa shape index (κ1) is 16.3. The maximum Gasteiger partial charge on any atom is 0.451 e. The number of fused-ring (bicyclic) bond motifs is 1. The summed E-state index contributed by atoms with van der Waals surface area (Å²) < 4.78 is 40.8. The van der Waals surface area contributed by atoms with Crippen LogP contribution < -0.4 is 5.32 Å². The van der Waals surface area contributed by atoms with Gasteiger partial charge in [-0.05, 0) is 26.8 Å². The Morgan fingerprint density at radius 3 is 2.50 bits per heavy atom. The largest absolute Gasteiger partial charge is 0.451 e. The average Bonchev–Trinajstić information content (AvgIpc) is 2.96. The molecular formula is C15H17F3N6. The molecule has 3 aromatic heterocycles. The topological polar surface area (TPSA) is 71.4 Å². The van der Waals surface area contributed by atoms with Crippen LogP contribution in [0.15, 0.2) is 6.07 Å². The molecule has 0 aliphatic heterocycles. The van der Waals surface area contributed by atoms with Gasteiger partial charge in [0.05, 0.1) is 11.1 Å². The predicted octanol–water partition coefficient (Wildman–Crippen LogP) is 3.25. The van der Waals surface area contributed by atoms with Crippen molar-refractivity contribution in [3.63, 3.8) is 0 Å². The molecule has 24 heavy (non-hydrogen) atoms. The van der Waals surface area contributed by atoms with Crippen molar-refractivity contribution in [3.05, 3.63) is 34.5 Å². The normalized spacial score (nSPS) is 12.1. The van der Waals surface area contributed by atoms with Gasteiger partial charge in [0, 0.05) is 30.5 Å². The number of anilines is 1. The number of H-pyrrole nitrogens is 1. The number of rotatable bonds is 3. The van der Waals surface area contributed by atoms with Crippen LogP contribution >= 0.6 is 0 Å². The number of aromatic amines is 1. The summed E-state index contributed by atoms with van der Waals surface area (Å²) >= 11 is 0. The lowest BCUT2D eigenvalue weighted by atomic mass is 10.2. The van der Waals surface area contributed by atoms with Crippen LogP contribution in [0.2, 0.25) is 0 Å². The van der Waals surface area contributed by atoms with Gasteiger partial charge in [-0.1, -0.05) is 0 Å². The van der Waals surface area contributed by atoms with E-state index in [0.717, 1.165) is 22.6 Å². The summed E-state index contributed by atoms with van der Waals surface area (Å²) in [6, 6.07) is 1.72. The van der Waals surface area contributed by atoms with Crippen LogP contribution in [0.4, 0.5) is 19.0 Å². The third-order valence-electron chi connectivity index (χ3n) is 3.97. The van der Waals surface area contributed by atoms with Crippen LogP contribution in [0.3, 0.4) is 0 Å². The van der Waals surface area contributed by atoms with Crippen molar-refractivity contribution in [1.82, 2.24) is 24.7 Å². The van der Waals surface area contributed by atoms with E-state index in [1.54, 1.807) is 17.7 Å². The Morgan fingerprint density at radius 2 is 1.92 bits per heavy atom. The van der Waals surface area contributed by atoms with Gasteiger partial charge in [-0.25, -0.2) is 9.97 Å². The lowest BCUT2D eigenvalue weighted by Gasteiger charge is -2.11. The fourth-order valence-electron chi connectivity index (χ4n) is 2.65. The van der Waals surface area contributed by atoms with Crippen LogP contribution in [0, 0.1) is 20.8 Å². The van der Waals surface area contributed by atoms with Crippen LogP contribution in [0.1, 0.15) is 28.5 Å². The first-order chi connectivity index (χ1) is 11.2. The number of alkyl halides is 3. The Balaban J connectivity index is 2.01. The third-order valence-corrected chi connectivity index (χ3v) is 3.97. The minimum absolute atomic E-state index is 0.152. The first-order valence-corrected chi connectivity index (χ1v) is 7.34. The van der Waals surface area contributed by atoms with Crippen LogP contribution in [-0.4, -0.2) is 24.7 Å². The SMILES string of the molecule is Cc1cc2c(NCc3c(C)nn(C)c3C)nc(C(F)(F)F)nc2[nH]1. The maximum atomic E-state index is 13.0. The highest BCUT2D eigenvalue weighted by molar-refractivity contribution is 5.87. The van der Waals surface area contributed by atoms with Crippen LogP contribution in [0.5, 0.6) is 0 Å². The number of hydrogen-bond donors (Lipinski definition) is 2. The van der Waals surface area contributed by atoms with Crippen LogP contribution in [0.25, 0.3) is 11.0 Å². The Kier molecular flexibility index (Phi) is 3.73. The molecule has 3 heterocycles. The van der Waals surface area contributed by atoms with E-state index >= 15 is 0 Å². The molecule has 0 unspecified atom stereocenters. The monoisotopic (exact) mass is 338 g/mol. The summed E-state index contributed by atoms with van der Waals surface area (Å²) in [6.07, 6.45) is -4.61. The summed E-state index contributed by atoms with van der Waals surface area (Å²) in [5.74, 6) is -1.02. The zero-order valence-electron chi connectivity index (χ0n) is 13.7. The molecule has 9 heteroatoms. The summed E-state index contributed by atoms with van der Waals surface area (Å²) in [5.41, 5.74) is 3.60. The molecule has 0 fully saturated rings. The summed E-state index contributed by atoms with van der Waals surface area (Å²) in [7, 11) is 1.83. The number of halogens is 3. The highest BCUT2D eigenvalue weighted by Crippen LogP contribution is 2.30. The summed E-state index contributed by atoms with van der Waals surface area (Å²) in [6.45, 7) is 5.86. The van der Waals surface area contributed by atoms with E-state index in [1.807, 2.05) is 20.9 Å². The second-order valence-electron chi connectivity index (χ2n) is 5.73. The number of aromatic nitrogens is 5. The van der Waals surface area contributed by atoms with E-state index in [0.29, 0.717) is 11.9 Å². The number of hydrogen-bond acceptors (Lipinski definition) is 4. The number of nitrogens with zero attached hydrogens (tertiary/aromatic N) is 4. The van der Waals surface area contributed by atoms with Crippen molar-refractivity contribution in [2.24, 2.45) is 7.05 Å². The van der Waals surface area contributed by atoms with Gasteiger partial charge in [0.2, 0.25) is 5.82 Å². The van der Waals surface area contributed by atoms with Gasteiger partial charge in [0.1, 0.15) is 11.5 Å². The minimum Gasteiger partial charge on any atom is -0.365 e. The van der Waals surface area contributed by atoms with Crippen molar-refractivity contribution in [1.29, 1.82) is 0 Å². The lowest BCUT2D eigenvalue weighted by molar-refractivity contribution is -0.144. The summed E-state index contributed by atoms with van der Waals surface area (Å²) in [4.78, 5) is 10.1. The molecule has 0 amide bonds. The summed E-state index contributed by atoms with van der Waals surface area (Å²) in [5, 5.41) is 7.83. The van der Waals surface area contributed by atoms with Crippen molar-refractivity contribution >= 4 is 16.9 Å². The lowest BCUT2D eigenvalue weighted by Crippen LogP contribution is -2.13. The first-order valence-electron chi connectivity index (χ1n) is 7.34. The molecule has 0 saturated heterocycles. The molecule has 0 atom stereocenters. The van der Waals surface area contributed by atoms with Gasteiger partial charge in [0.15, 0.2) is 0 Å². The minimum atomic E-state index is -4.61. The smallest absolute Gasteiger partial charge is 0.365 e. The number of nitrogens with one attached hydrogen (secondary N) is 2. The molecular weight excluding hydrogens is 321 g/mol. The van der Waals surface area contributed by atoms with E-state index < -0.39 is 12.0 Å². The molecule has 0 radical (unpaired) electrons. The molecule has 0 spiro atoms. The Bertz CT molecular complexity index is 906. The van der Waals surface area contributed by atoms with Gasteiger partial charge in [-0.2, -0.15) is 18.3 Å². The molecule has 0 aromatic carbocycles. The highest BCUT2D eigenvalue weighted by atomic mass is 19.4. The van der Waals surface area contributed by atoms with Gasteiger partial charge in [-0.3, -0.25) is 4.68 Å². The molecule has 3 aromatic rings. The van der Waals surface area contributed by atoms with E-state index in [2.05, 4.69) is 25.4 Å². The van der Waals surface area contributed by atoms with Gasteiger partial charge < -0.3 is 10.3 Å².